The van der Waals surface area contributed by atoms with Crippen LogP contribution in [0.1, 0.15) is 0 Å². The molecular weight excluding hydrogens is 186 g/mol. The highest BCUT2D eigenvalue weighted by atomic mass is 16.5. The van der Waals surface area contributed by atoms with Gasteiger partial charge in [0.25, 0.3) is 0 Å². The average molecular weight is 197 g/mol. The number of esters is 1. The van der Waals surface area contributed by atoms with Crippen molar-refractivity contribution in [1.29, 1.82) is 5.41 Å². The summed E-state index contributed by atoms with van der Waals surface area (Å²) in [5.74, 6) is -0.0772. The summed E-state index contributed by atoms with van der Waals surface area (Å²) in [6.07, 6.45) is 1.36. The molecule has 0 radical (unpaired) electrons. The molecule has 0 saturated heterocycles. The Bertz CT molecular complexity index is 386. The van der Waals surface area contributed by atoms with Crippen LogP contribution in [0.25, 0.3) is 0 Å². The number of hydrogen-bond donors (Lipinski definition) is 1. The van der Waals surface area contributed by atoms with Crippen molar-refractivity contribution in [2.75, 3.05) is 14.2 Å². The summed E-state index contributed by atoms with van der Waals surface area (Å²) in [5.41, 5.74) is 0.141. The van der Waals surface area contributed by atoms with Gasteiger partial charge >= 0.3 is 5.97 Å². The van der Waals surface area contributed by atoms with Crippen LogP contribution in [0.3, 0.4) is 0 Å². The molecule has 0 bridgehead atoms. The molecule has 0 aliphatic carbocycles. The lowest BCUT2D eigenvalue weighted by molar-refractivity contribution is -0.141. The second-order valence-electron chi connectivity index (χ2n) is 2.52. The minimum atomic E-state index is -0.421. The molecule has 1 N–H and O–H groups in total. The third kappa shape index (κ3) is 2.32. The molecule has 0 atom stereocenters. The van der Waals surface area contributed by atoms with Gasteiger partial charge in [0.15, 0.2) is 0 Å². The van der Waals surface area contributed by atoms with Crippen molar-refractivity contribution in [2.24, 2.45) is 0 Å². The zero-order chi connectivity index (χ0) is 10.6. The molecule has 0 spiro atoms. The van der Waals surface area contributed by atoms with E-state index < -0.39 is 5.97 Å². The summed E-state index contributed by atoms with van der Waals surface area (Å²) >= 11 is 0. The van der Waals surface area contributed by atoms with Crippen LogP contribution in [0.15, 0.2) is 12.4 Å². The van der Waals surface area contributed by atoms with E-state index in [9.17, 15) is 4.79 Å². The van der Waals surface area contributed by atoms with Crippen molar-refractivity contribution < 1.29 is 14.3 Å². The normalized spacial score (nSPS) is 9.57. The SMILES string of the molecule is COC(=O)Cn1cnc(OC)cc1=N. The summed E-state index contributed by atoms with van der Waals surface area (Å²) in [6.45, 7) is -0.0215. The predicted molar refractivity (Wildman–Crippen MR) is 46.6 cm³/mol. The van der Waals surface area contributed by atoms with E-state index in [0.717, 1.165) is 0 Å². The molecule has 0 fully saturated rings. The van der Waals surface area contributed by atoms with Gasteiger partial charge in [-0.2, -0.15) is 0 Å². The Morgan fingerprint density at radius 3 is 2.86 bits per heavy atom. The fraction of sp³-hybridized carbons (Fsp3) is 0.375. The van der Waals surface area contributed by atoms with Gasteiger partial charge in [0.2, 0.25) is 5.88 Å². The average Bonchev–Trinajstić information content (AvgIpc) is 2.20. The van der Waals surface area contributed by atoms with Crippen molar-refractivity contribution in [3.05, 3.63) is 17.9 Å². The topological polar surface area (TPSA) is 77.2 Å². The Balaban J connectivity index is 2.89. The van der Waals surface area contributed by atoms with E-state index in [2.05, 4.69) is 9.72 Å². The van der Waals surface area contributed by atoms with Gasteiger partial charge in [0, 0.05) is 6.07 Å². The molecule has 0 aliphatic heterocycles. The largest absolute Gasteiger partial charge is 0.481 e. The highest BCUT2D eigenvalue weighted by molar-refractivity contribution is 5.68. The van der Waals surface area contributed by atoms with E-state index in [1.54, 1.807) is 0 Å². The number of carbonyl (C=O) groups is 1. The van der Waals surface area contributed by atoms with Crippen LogP contribution in [-0.4, -0.2) is 29.7 Å². The molecule has 1 heterocycles. The summed E-state index contributed by atoms with van der Waals surface area (Å²) in [7, 11) is 2.76. The summed E-state index contributed by atoms with van der Waals surface area (Å²) < 4.78 is 10.6. The van der Waals surface area contributed by atoms with Crippen LogP contribution < -0.4 is 10.2 Å². The van der Waals surface area contributed by atoms with Crippen LogP contribution in [0.4, 0.5) is 0 Å². The summed E-state index contributed by atoms with van der Waals surface area (Å²) in [6, 6.07) is 1.42. The molecular formula is C8H11N3O3. The molecule has 14 heavy (non-hydrogen) atoms. The third-order valence-corrected chi connectivity index (χ3v) is 1.63. The zero-order valence-electron chi connectivity index (χ0n) is 7.98. The van der Waals surface area contributed by atoms with E-state index in [4.69, 9.17) is 10.1 Å². The van der Waals surface area contributed by atoms with Crippen molar-refractivity contribution in [3.8, 4) is 5.88 Å². The number of nitrogens with zero attached hydrogens (tertiary/aromatic N) is 2. The molecule has 0 unspecified atom stereocenters. The number of aromatic nitrogens is 2. The van der Waals surface area contributed by atoms with E-state index in [1.807, 2.05) is 0 Å². The smallest absolute Gasteiger partial charge is 0.325 e. The van der Waals surface area contributed by atoms with Crippen molar-refractivity contribution in [3.63, 3.8) is 0 Å². The van der Waals surface area contributed by atoms with Crippen molar-refractivity contribution >= 4 is 5.97 Å². The number of carbonyl (C=O) groups excluding carboxylic acids is 1. The number of nitrogens with one attached hydrogen (secondary N) is 1. The third-order valence-electron chi connectivity index (χ3n) is 1.63. The molecule has 0 amide bonds. The van der Waals surface area contributed by atoms with Crippen molar-refractivity contribution in [2.45, 2.75) is 6.54 Å². The molecule has 76 valence electrons. The maximum absolute atomic E-state index is 10.9. The zero-order valence-corrected chi connectivity index (χ0v) is 7.98. The molecule has 6 heteroatoms. The first kappa shape index (κ1) is 10.2. The fourth-order valence-corrected chi connectivity index (χ4v) is 0.867. The van der Waals surface area contributed by atoms with Crippen LogP contribution in [0.5, 0.6) is 5.88 Å². The van der Waals surface area contributed by atoms with Gasteiger partial charge in [0.1, 0.15) is 18.4 Å². The van der Waals surface area contributed by atoms with E-state index in [1.165, 1.54) is 31.2 Å². The van der Waals surface area contributed by atoms with Crippen LogP contribution >= 0.6 is 0 Å². The minimum Gasteiger partial charge on any atom is -0.481 e. The highest BCUT2D eigenvalue weighted by Crippen LogP contribution is 1.97. The Morgan fingerprint density at radius 1 is 1.64 bits per heavy atom. The van der Waals surface area contributed by atoms with Gasteiger partial charge in [-0.3, -0.25) is 10.2 Å². The fourth-order valence-electron chi connectivity index (χ4n) is 0.867. The number of ether oxygens (including phenoxy) is 2. The molecule has 0 aromatic carbocycles. The van der Waals surface area contributed by atoms with Gasteiger partial charge in [-0.15, -0.1) is 0 Å². The quantitative estimate of drug-likeness (QED) is 0.665. The molecule has 1 rings (SSSR count). The lowest BCUT2D eigenvalue weighted by Gasteiger charge is -2.05. The molecule has 6 nitrogen and oxygen atoms in total. The Kier molecular flexibility index (Phi) is 3.22. The second-order valence-corrected chi connectivity index (χ2v) is 2.52. The lowest BCUT2D eigenvalue weighted by Crippen LogP contribution is -2.24. The highest BCUT2D eigenvalue weighted by Gasteiger charge is 2.03. The second kappa shape index (κ2) is 4.40. The molecule has 1 aromatic rings. The Hall–Kier alpha value is -1.85. The van der Waals surface area contributed by atoms with Gasteiger partial charge in [0.05, 0.1) is 14.2 Å². The van der Waals surface area contributed by atoms with Gasteiger partial charge < -0.3 is 14.0 Å². The first-order valence-corrected chi connectivity index (χ1v) is 3.89. The van der Waals surface area contributed by atoms with E-state index in [-0.39, 0.29) is 12.0 Å². The Labute approximate surface area is 80.6 Å². The Morgan fingerprint density at radius 2 is 2.36 bits per heavy atom. The molecule has 1 aromatic heterocycles. The van der Waals surface area contributed by atoms with Gasteiger partial charge in [-0.05, 0) is 0 Å². The predicted octanol–water partition coefficient (Wildman–Crippen LogP) is -0.456. The standard InChI is InChI=1S/C8H11N3O3/c1-13-7-3-6(9)11(5-10-7)4-8(12)14-2/h3,5,9H,4H2,1-2H3. The van der Waals surface area contributed by atoms with E-state index in [0.29, 0.717) is 5.88 Å². The van der Waals surface area contributed by atoms with E-state index >= 15 is 0 Å². The van der Waals surface area contributed by atoms with Crippen LogP contribution in [0.2, 0.25) is 0 Å². The van der Waals surface area contributed by atoms with Gasteiger partial charge in [-0.25, -0.2) is 4.98 Å². The molecule has 0 aliphatic rings. The molecule has 0 saturated carbocycles. The number of rotatable bonds is 3. The van der Waals surface area contributed by atoms with Gasteiger partial charge in [-0.1, -0.05) is 0 Å². The maximum atomic E-state index is 10.9. The monoisotopic (exact) mass is 197 g/mol. The first-order valence-electron chi connectivity index (χ1n) is 3.89. The summed E-state index contributed by atoms with van der Waals surface area (Å²) in [4.78, 5) is 14.8. The minimum absolute atomic E-state index is 0.0215. The van der Waals surface area contributed by atoms with Crippen LogP contribution in [-0.2, 0) is 16.1 Å². The summed E-state index contributed by atoms with van der Waals surface area (Å²) in [5, 5.41) is 7.52. The van der Waals surface area contributed by atoms with Crippen LogP contribution in [0, 0.1) is 5.41 Å². The maximum Gasteiger partial charge on any atom is 0.325 e. The van der Waals surface area contributed by atoms with Crippen molar-refractivity contribution in [1.82, 2.24) is 9.55 Å². The first-order chi connectivity index (χ1) is 6.67. The number of methoxy groups -OCH3 is 2. The number of hydrogen-bond acceptors (Lipinski definition) is 5. The lowest BCUT2D eigenvalue weighted by atomic mass is 10.5.